The second-order valence-electron chi connectivity index (χ2n) is 6.09. The molecule has 0 atom stereocenters. The van der Waals surface area contributed by atoms with Crippen LogP contribution in [0.4, 0.5) is 5.69 Å². The number of benzene rings is 1. The topological polar surface area (TPSA) is 76.7 Å². The van der Waals surface area contributed by atoms with E-state index in [4.69, 9.17) is 9.36 Å². The number of hydrogen-bond donors (Lipinski definition) is 1. The number of aromatic nitrogens is 1. The maximum atomic E-state index is 11.7. The van der Waals surface area contributed by atoms with E-state index in [9.17, 15) is 4.79 Å². The van der Waals surface area contributed by atoms with Gasteiger partial charge in [0.2, 0.25) is 5.91 Å². The highest BCUT2D eigenvalue weighted by Gasteiger charge is 2.29. The quantitative estimate of drug-likeness (QED) is 0.650. The van der Waals surface area contributed by atoms with Crippen molar-refractivity contribution in [2.45, 2.75) is 40.2 Å². The van der Waals surface area contributed by atoms with Gasteiger partial charge in [0.15, 0.2) is 0 Å². The zero-order valence-electron chi connectivity index (χ0n) is 14.1. The molecule has 1 saturated carbocycles. The van der Waals surface area contributed by atoms with Crippen LogP contribution in [0.25, 0.3) is 0 Å². The molecule has 6 nitrogen and oxygen atoms in total. The summed E-state index contributed by atoms with van der Waals surface area (Å²) >= 11 is 0. The number of rotatable bonds is 6. The van der Waals surface area contributed by atoms with Crippen LogP contribution in [-0.2, 0) is 16.2 Å². The van der Waals surface area contributed by atoms with Gasteiger partial charge in [0, 0.05) is 11.6 Å². The average molecular weight is 327 g/mol. The van der Waals surface area contributed by atoms with Crippen LogP contribution >= 0.6 is 0 Å². The van der Waals surface area contributed by atoms with E-state index >= 15 is 0 Å². The SMILES string of the molecule is CC(=NOCc1c(C)noc1C)c1ccc(NC(=O)C2CC2)cc1. The highest BCUT2D eigenvalue weighted by atomic mass is 16.6. The second kappa shape index (κ2) is 6.86. The van der Waals surface area contributed by atoms with Crippen LogP contribution in [0.3, 0.4) is 0 Å². The predicted octanol–water partition coefficient (Wildman–Crippen LogP) is 3.58. The van der Waals surface area contributed by atoms with Gasteiger partial charge in [0.1, 0.15) is 12.4 Å². The molecule has 1 aromatic carbocycles. The van der Waals surface area contributed by atoms with Crippen molar-refractivity contribution in [2.75, 3.05) is 5.32 Å². The summed E-state index contributed by atoms with van der Waals surface area (Å²) in [6.07, 6.45) is 2.00. The van der Waals surface area contributed by atoms with Gasteiger partial charge in [-0.2, -0.15) is 0 Å². The van der Waals surface area contributed by atoms with E-state index in [0.717, 1.165) is 46.8 Å². The molecule has 3 rings (SSSR count). The molecule has 126 valence electrons. The molecule has 6 heteroatoms. The first-order valence-electron chi connectivity index (χ1n) is 8.04. The first kappa shape index (κ1) is 16.2. The Bertz CT molecular complexity index is 739. The standard InChI is InChI=1S/C18H21N3O3/c1-11(20-23-10-17-12(2)21-24-13(17)3)14-6-8-16(9-7-14)19-18(22)15-4-5-15/h6-9,15H,4-5,10H2,1-3H3,(H,19,22). The number of anilines is 1. The Hall–Kier alpha value is -2.63. The highest BCUT2D eigenvalue weighted by Crippen LogP contribution is 2.30. The first-order chi connectivity index (χ1) is 11.5. The van der Waals surface area contributed by atoms with Crippen molar-refractivity contribution >= 4 is 17.3 Å². The summed E-state index contributed by atoms with van der Waals surface area (Å²) in [5.74, 6) is 1.05. The zero-order chi connectivity index (χ0) is 17.1. The molecule has 1 aliphatic rings. The van der Waals surface area contributed by atoms with Crippen molar-refractivity contribution in [3.8, 4) is 0 Å². The first-order valence-corrected chi connectivity index (χ1v) is 8.04. The van der Waals surface area contributed by atoms with Gasteiger partial charge in [-0.3, -0.25) is 4.79 Å². The molecule has 1 fully saturated rings. The Morgan fingerprint density at radius 3 is 2.62 bits per heavy atom. The summed E-state index contributed by atoms with van der Waals surface area (Å²) in [6, 6.07) is 7.59. The minimum absolute atomic E-state index is 0.107. The normalized spacial score (nSPS) is 14.5. The van der Waals surface area contributed by atoms with Gasteiger partial charge in [0.25, 0.3) is 0 Å². The highest BCUT2D eigenvalue weighted by molar-refractivity contribution is 5.99. The van der Waals surface area contributed by atoms with E-state index in [0.29, 0.717) is 6.61 Å². The average Bonchev–Trinajstić information content (AvgIpc) is 3.37. The van der Waals surface area contributed by atoms with Crippen LogP contribution < -0.4 is 5.32 Å². The molecule has 24 heavy (non-hydrogen) atoms. The fourth-order valence-corrected chi connectivity index (χ4v) is 2.34. The Morgan fingerprint density at radius 1 is 1.33 bits per heavy atom. The minimum atomic E-state index is 0.107. The second-order valence-corrected chi connectivity index (χ2v) is 6.09. The fraction of sp³-hybridized carbons (Fsp3) is 0.389. The number of carbonyl (C=O) groups is 1. The molecule has 1 aliphatic carbocycles. The van der Waals surface area contributed by atoms with Gasteiger partial charge in [-0.25, -0.2) is 0 Å². The molecule has 0 spiro atoms. The monoisotopic (exact) mass is 327 g/mol. The molecule has 0 radical (unpaired) electrons. The molecule has 0 unspecified atom stereocenters. The lowest BCUT2D eigenvalue weighted by molar-refractivity contribution is -0.117. The summed E-state index contributed by atoms with van der Waals surface area (Å²) in [5, 5.41) is 10.9. The summed E-state index contributed by atoms with van der Waals surface area (Å²) in [5.41, 5.74) is 4.25. The number of nitrogens with zero attached hydrogens (tertiary/aromatic N) is 2. The van der Waals surface area contributed by atoms with E-state index in [1.54, 1.807) is 0 Å². The molecule has 2 aromatic rings. The van der Waals surface area contributed by atoms with Crippen LogP contribution in [0.5, 0.6) is 0 Å². The van der Waals surface area contributed by atoms with Crippen LogP contribution in [0.15, 0.2) is 33.9 Å². The Kier molecular flexibility index (Phi) is 4.64. The van der Waals surface area contributed by atoms with Crippen LogP contribution in [0.1, 0.15) is 42.3 Å². The van der Waals surface area contributed by atoms with Gasteiger partial charge < -0.3 is 14.7 Å². The predicted molar refractivity (Wildman–Crippen MR) is 90.8 cm³/mol. The van der Waals surface area contributed by atoms with Crippen molar-refractivity contribution < 1.29 is 14.2 Å². The molecule has 0 bridgehead atoms. The van der Waals surface area contributed by atoms with E-state index in [1.165, 1.54) is 0 Å². The van der Waals surface area contributed by atoms with Gasteiger partial charge >= 0.3 is 0 Å². The molecule has 1 N–H and O–H groups in total. The lowest BCUT2D eigenvalue weighted by Crippen LogP contribution is -2.13. The third-order valence-electron chi connectivity index (χ3n) is 4.11. The smallest absolute Gasteiger partial charge is 0.227 e. The maximum absolute atomic E-state index is 11.7. The van der Waals surface area contributed by atoms with Crippen LogP contribution in [-0.4, -0.2) is 16.8 Å². The lowest BCUT2D eigenvalue weighted by atomic mass is 10.1. The largest absolute Gasteiger partial charge is 0.390 e. The number of carbonyl (C=O) groups excluding carboxylic acids is 1. The molecule has 1 aromatic heterocycles. The fourth-order valence-electron chi connectivity index (χ4n) is 2.34. The third-order valence-corrected chi connectivity index (χ3v) is 4.11. The summed E-state index contributed by atoms with van der Waals surface area (Å²) in [7, 11) is 0. The molecular weight excluding hydrogens is 306 g/mol. The number of nitrogens with one attached hydrogen (secondary N) is 1. The maximum Gasteiger partial charge on any atom is 0.227 e. The van der Waals surface area contributed by atoms with E-state index in [2.05, 4.69) is 15.6 Å². The Morgan fingerprint density at radius 2 is 2.04 bits per heavy atom. The number of amides is 1. The minimum Gasteiger partial charge on any atom is -0.390 e. The summed E-state index contributed by atoms with van der Waals surface area (Å²) in [4.78, 5) is 17.1. The molecule has 1 amide bonds. The molecule has 0 saturated heterocycles. The van der Waals surface area contributed by atoms with Gasteiger partial charge in [-0.05, 0) is 51.3 Å². The molecular formula is C18H21N3O3. The van der Waals surface area contributed by atoms with Crippen molar-refractivity contribution in [1.82, 2.24) is 5.16 Å². The van der Waals surface area contributed by atoms with E-state index in [-0.39, 0.29) is 11.8 Å². The third kappa shape index (κ3) is 3.82. The summed E-state index contributed by atoms with van der Waals surface area (Å²) in [6.45, 7) is 5.93. The van der Waals surface area contributed by atoms with Crippen LogP contribution in [0.2, 0.25) is 0 Å². The number of aryl methyl sites for hydroxylation is 2. The Balaban J connectivity index is 1.57. The lowest BCUT2D eigenvalue weighted by Gasteiger charge is -2.06. The van der Waals surface area contributed by atoms with Gasteiger partial charge in [-0.15, -0.1) is 0 Å². The molecule has 0 aliphatic heterocycles. The number of hydrogen-bond acceptors (Lipinski definition) is 5. The van der Waals surface area contributed by atoms with Crippen molar-refractivity contribution in [3.63, 3.8) is 0 Å². The summed E-state index contributed by atoms with van der Waals surface area (Å²) < 4.78 is 5.09. The Labute approximate surface area is 140 Å². The van der Waals surface area contributed by atoms with E-state index < -0.39 is 0 Å². The zero-order valence-corrected chi connectivity index (χ0v) is 14.1. The van der Waals surface area contributed by atoms with E-state index in [1.807, 2.05) is 45.0 Å². The van der Waals surface area contributed by atoms with Crippen molar-refractivity contribution in [2.24, 2.45) is 11.1 Å². The van der Waals surface area contributed by atoms with Crippen molar-refractivity contribution in [1.29, 1.82) is 0 Å². The van der Waals surface area contributed by atoms with Gasteiger partial charge in [-0.1, -0.05) is 22.4 Å². The molecule has 1 heterocycles. The van der Waals surface area contributed by atoms with Gasteiger partial charge in [0.05, 0.1) is 17.0 Å². The van der Waals surface area contributed by atoms with Crippen LogP contribution in [0, 0.1) is 19.8 Å². The number of oxime groups is 1. The van der Waals surface area contributed by atoms with Crippen molar-refractivity contribution in [3.05, 3.63) is 46.8 Å².